The van der Waals surface area contributed by atoms with Gasteiger partial charge in [-0.05, 0) is 109 Å². The number of hydrogen-bond donors (Lipinski definition) is 2. The van der Waals surface area contributed by atoms with Gasteiger partial charge in [0.05, 0.1) is 35.8 Å². The van der Waals surface area contributed by atoms with Gasteiger partial charge in [0, 0.05) is 49.8 Å². The average Bonchev–Trinajstić information content (AvgIpc) is 3.32. The maximum absolute atomic E-state index is 14.9. The largest absolute Gasteiger partial charge is 0.496 e. The fraction of sp³-hybridized carbons (Fsp3) is 0.380. The van der Waals surface area contributed by atoms with Crippen LogP contribution >= 0.6 is 0 Å². The van der Waals surface area contributed by atoms with Crippen molar-refractivity contribution in [1.82, 2.24) is 4.90 Å². The second kappa shape index (κ2) is 21.6. The summed E-state index contributed by atoms with van der Waals surface area (Å²) in [6, 6.07) is 20.3. The van der Waals surface area contributed by atoms with E-state index in [-0.39, 0.29) is 56.1 Å². The lowest BCUT2D eigenvalue weighted by atomic mass is 9.55. The number of non-ortho nitro benzene ring substituents is 1. The number of carbonyl (C=O) groups excluding carboxylic acids is 2. The van der Waals surface area contributed by atoms with Crippen LogP contribution in [0.1, 0.15) is 72.3 Å². The molecular weight excluding hydrogens is 854 g/mol. The number of fused-ring (bicyclic) bond motifs is 2. The van der Waals surface area contributed by atoms with Crippen LogP contribution in [0.5, 0.6) is 28.7 Å². The van der Waals surface area contributed by atoms with Gasteiger partial charge in [0.2, 0.25) is 5.79 Å². The first-order valence-corrected chi connectivity index (χ1v) is 22.0. The molecule has 1 amide bonds. The summed E-state index contributed by atoms with van der Waals surface area (Å²) in [6.45, 7) is 3.90. The van der Waals surface area contributed by atoms with Crippen LogP contribution in [0.3, 0.4) is 0 Å². The minimum absolute atomic E-state index is 0.00624. The smallest absolute Gasteiger partial charge is 0.416 e. The van der Waals surface area contributed by atoms with E-state index >= 15 is 0 Å². The van der Waals surface area contributed by atoms with Crippen molar-refractivity contribution < 1.29 is 57.6 Å². The van der Waals surface area contributed by atoms with Crippen LogP contribution in [0, 0.1) is 33.7 Å². The standard InChI is InChI=1S/C50H54FN3O12/c1-4-25-63-50-46(53(30-32-11-13-35(51)14-12-32)49(58)65-37-17-15-36(16-18-37)54(59)60)29-43(52-62-3)41-27-33(9-5-7-23-55)40(10-6-8-24-56)47(48(41)50)42-28-39(20-22-45(42)66-50)64-38-19-21-44(61-2)34(26-38)31-57/h4,11-22,26-28,31,33,40,46-48,55-56H,1,5-10,23-25,29-30H2,2-3H3. The maximum Gasteiger partial charge on any atom is 0.416 e. The zero-order valence-electron chi connectivity index (χ0n) is 36.9. The molecule has 3 aliphatic rings. The lowest BCUT2D eigenvalue weighted by Gasteiger charge is -2.59. The molecule has 16 heteroatoms. The Balaban J connectivity index is 1.44. The normalized spacial score (nSPS) is 22.2. The Hall–Kier alpha value is -6.62. The minimum atomic E-state index is -1.67. The third kappa shape index (κ3) is 10.1. The molecule has 15 nitrogen and oxygen atoms in total. The third-order valence-corrected chi connectivity index (χ3v) is 12.5. The number of halogens is 1. The molecule has 1 aliphatic heterocycles. The van der Waals surface area contributed by atoms with E-state index in [0.29, 0.717) is 71.8 Å². The fourth-order valence-electron chi connectivity index (χ4n) is 9.71. The quantitative estimate of drug-likeness (QED) is 0.0266. The number of allylic oxidation sites excluding steroid dienone is 1. The van der Waals surface area contributed by atoms with E-state index in [9.17, 15) is 34.3 Å². The second-order valence-electron chi connectivity index (χ2n) is 16.5. The summed E-state index contributed by atoms with van der Waals surface area (Å²) in [7, 11) is 2.93. The van der Waals surface area contributed by atoms with Crippen molar-refractivity contribution in [2.45, 2.75) is 69.2 Å². The van der Waals surface area contributed by atoms with Crippen molar-refractivity contribution in [1.29, 1.82) is 0 Å². The highest BCUT2D eigenvalue weighted by Gasteiger charge is 2.65. The van der Waals surface area contributed by atoms with Crippen molar-refractivity contribution in [2.24, 2.45) is 22.9 Å². The van der Waals surface area contributed by atoms with Crippen LogP contribution in [0.25, 0.3) is 0 Å². The fourth-order valence-corrected chi connectivity index (χ4v) is 9.71. The molecule has 1 saturated carbocycles. The van der Waals surface area contributed by atoms with Gasteiger partial charge in [-0.25, -0.2) is 9.18 Å². The van der Waals surface area contributed by atoms with Gasteiger partial charge in [-0.1, -0.05) is 42.3 Å². The number of benzene rings is 4. The Morgan fingerprint density at radius 2 is 1.67 bits per heavy atom. The van der Waals surface area contributed by atoms with Crippen molar-refractivity contribution in [3.05, 3.63) is 142 Å². The Labute approximate surface area is 382 Å². The van der Waals surface area contributed by atoms with E-state index in [0.717, 1.165) is 24.0 Å². The highest BCUT2D eigenvalue weighted by molar-refractivity contribution is 6.03. The topological polar surface area (TPSA) is 189 Å². The molecule has 1 heterocycles. The highest BCUT2D eigenvalue weighted by atomic mass is 19.1. The molecule has 1 fully saturated rings. The lowest BCUT2D eigenvalue weighted by Crippen LogP contribution is -2.70. The zero-order valence-corrected chi connectivity index (χ0v) is 36.9. The van der Waals surface area contributed by atoms with Gasteiger partial charge >= 0.3 is 6.09 Å². The van der Waals surface area contributed by atoms with Crippen molar-refractivity contribution in [3.8, 4) is 28.7 Å². The Morgan fingerprint density at radius 3 is 2.33 bits per heavy atom. The molecular formula is C50H54FN3O12. The van der Waals surface area contributed by atoms with Gasteiger partial charge < -0.3 is 38.7 Å². The Bertz CT molecular complexity index is 2430. The van der Waals surface area contributed by atoms with E-state index < -0.39 is 40.5 Å². The number of nitrogens with zero attached hydrogens (tertiary/aromatic N) is 3. The van der Waals surface area contributed by atoms with Crippen LogP contribution in [0.4, 0.5) is 14.9 Å². The number of oxime groups is 1. The number of aliphatic hydroxyl groups is 2. The van der Waals surface area contributed by atoms with Crippen molar-refractivity contribution >= 4 is 23.8 Å². The van der Waals surface area contributed by atoms with Gasteiger partial charge in [-0.15, -0.1) is 6.58 Å². The number of aliphatic hydroxyl groups excluding tert-OH is 2. The van der Waals surface area contributed by atoms with E-state index in [1.165, 1.54) is 55.5 Å². The molecule has 0 saturated heterocycles. The van der Waals surface area contributed by atoms with Crippen LogP contribution in [-0.2, 0) is 16.1 Å². The van der Waals surface area contributed by atoms with E-state index in [1.54, 1.807) is 48.5 Å². The Kier molecular flexibility index (Phi) is 15.5. The number of amides is 1. The number of rotatable bonds is 21. The SMILES string of the molecule is C=CCOC12Oc3ccc(Oc4ccc(OC)c(C=O)c4)cc3C3C(CCCCO)C(CCCCO)C=C(C(=NOC)CC1N(Cc1ccc(F)cc1)C(=O)Oc1ccc([N+](=O)[O-])cc1)C32. The van der Waals surface area contributed by atoms with Gasteiger partial charge in [0.1, 0.15) is 47.7 Å². The molecule has 0 spiro atoms. The average molecular weight is 908 g/mol. The van der Waals surface area contributed by atoms with Crippen LogP contribution in [0.15, 0.2) is 114 Å². The van der Waals surface area contributed by atoms with E-state index in [4.69, 9.17) is 28.5 Å². The molecule has 66 heavy (non-hydrogen) atoms. The summed E-state index contributed by atoms with van der Waals surface area (Å²) < 4.78 is 46.4. The second-order valence-corrected chi connectivity index (χ2v) is 16.5. The Morgan fingerprint density at radius 1 is 0.970 bits per heavy atom. The van der Waals surface area contributed by atoms with Gasteiger partial charge in [0.15, 0.2) is 6.29 Å². The number of carbonyl (C=O) groups is 2. The van der Waals surface area contributed by atoms with Crippen LogP contribution in [-0.4, -0.2) is 84.0 Å². The predicted octanol–water partition coefficient (Wildman–Crippen LogP) is 9.31. The summed E-state index contributed by atoms with van der Waals surface area (Å²) >= 11 is 0. The molecule has 348 valence electrons. The minimum Gasteiger partial charge on any atom is -0.496 e. The number of aldehydes is 1. The molecule has 6 atom stereocenters. The first-order valence-electron chi connectivity index (χ1n) is 22.0. The zero-order chi connectivity index (χ0) is 46.8. The molecule has 4 aromatic carbocycles. The predicted molar refractivity (Wildman–Crippen MR) is 241 cm³/mol. The molecule has 0 bridgehead atoms. The van der Waals surface area contributed by atoms with Crippen LogP contribution in [0.2, 0.25) is 0 Å². The summed E-state index contributed by atoms with van der Waals surface area (Å²) in [6.07, 6.45) is 7.70. The summed E-state index contributed by atoms with van der Waals surface area (Å²) in [4.78, 5) is 44.8. The first kappa shape index (κ1) is 47.3. The summed E-state index contributed by atoms with van der Waals surface area (Å²) in [5.41, 5.74) is 2.80. The molecule has 4 aromatic rings. The van der Waals surface area contributed by atoms with Gasteiger partial charge in [0.25, 0.3) is 5.69 Å². The number of methoxy groups -OCH3 is 1. The summed E-state index contributed by atoms with van der Waals surface area (Å²) in [5.74, 6) is -1.58. The molecule has 0 aromatic heterocycles. The molecule has 7 rings (SSSR count). The number of hydrogen-bond acceptors (Lipinski definition) is 13. The third-order valence-electron chi connectivity index (χ3n) is 12.5. The first-order chi connectivity index (χ1) is 32.1. The highest BCUT2D eigenvalue weighted by Crippen LogP contribution is 2.62. The lowest BCUT2D eigenvalue weighted by molar-refractivity contribution is -0.384. The molecule has 2 N–H and O–H groups in total. The molecule has 2 aliphatic carbocycles. The van der Waals surface area contributed by atoms with Crippen LogP contribution < -0.4 is 18.9 Å². The van der Waals surface area contributed by atoms with E-state index in [2.05, 4.69) is 17.8 Å². The number of nitro benzene ring substituents is 1. The maximum atomic E-state index is 14.9. The molecule has 6 unspecified atom stereocenters. The van der Waals surface area contributed by atoms with Crippen molar-refractivity contribution in [3.63, 3.8) is 0 Å². The number of unbranched alkanes of at least 4 members (excludes halogenated alkanes) is 2. The molecule has 0 radical (unpaired) electrons. The summed E-state index contributed by atoms with van der Waals surface area (Å²) in [5, 5.41) is 35.9. The van der Waals surface area contributed by atoms with Gasteiger partial charge in [-0.3, -0.25) is 19.8 Å². The van der Waals surface area contributed by atoms with Gasteiger partial charge in [-0.2, -0.15) is 0 Å². The van der Waals surface area contributed by atoms with Crippen molar-refractivity contribution in [2.75, 3.05) is 34.0 Å². The monoisotopic (exact) mass is 907 g/mol. The van der Waals surface area contributed by atoms with E-state index in [1.807, 2.05) is 6.07 Å². The number of nitro groups is 1. The number of ether oxygens (including phenoxy) is 5.